The molecule has 1 aromatic heterocycles. The third-order valence-corrected chi connectivity index (χ3v) is 2.51. The molecule has 82 valence electrons. The van der Waals surface area contributed by atoms with Crippen LogP contribution in [0.1, 0.15) is 12.5 Å². The van der Waals surface area contributed by atoms with Crippen LogP contribution in [0.3, 0.4) is 0 Å². The zero-order chi connectivity index (χ0) is 11.5. The fourth-order valence-corrected chi connectivity index (χ4v) is 1.42. The number of nitrogens with zero attached hydrogens (tertiary/aromatic N) is 5. The highest BCUT2D eigenvalue weighted by Crippen LogP contribution is 2.11. The Labute approximate surface area is 100 Å². The molecule has 0 saturated carbocycles. The van der Waals surface area contributed by atoms with E-state index in [4.69, 9.17) is 5.73 Å². The predicted molar refractivity (Wildman–Crippen MR) is 64.0 cm³/mol. The summed E-state index contributed by atoms with van der Waals surface area (Å²) in [5.74, 6) is 0.163. The van der Waals surface area contributed by atoms with Crippen LogP contribution in [-0.2, 0) is 0 Å². The zero-order valence-corrected chi connectivity index (χ0v) is 10.1. The van der Waals surface area contributed by atoms with Gasteiger partial charge in [-0.15, -0.1) is 0 Å². The summed E-state index contributed by atoms with van der Waals surface area (Å²) in [6.45, 7) is 1.87. The van der Waals surface area contributed by atoms with Crippen LogP contribution < -0.4 is 5.73 Å². The molecule has 0 unspecified atom stereocenters. The Balaban J connectivity index is 2.32. The van der Waals surface area contributed by atoms with Crippen molar-refractivity contribution in [1.29, 1.82) is 0 Å². The summed E-state index contributed by atoms with van der Waals surface area (Å²) in [6, 6.07) is 7.78. The van der Waals surface area contributed by atoms with E-state index in [1.54, 1.807) is 0 Å². The van der Waals surface area contributed by atoms with Gasteiger partial charge in [0.2, 0.25) is 0 Å². The van der Waals surface area contributed by atoms with Crippen LogP contribution in [0.2, 0.25) is 0 Å². The number of aromatic nitrogens is 4. The Morgan fingerprint density at radius 2 is 2.06 bits per heavy atom. The van der Waals surface area contributed by atoms with Gasteiger partial charge in [-0.3, -0.25) is 0 Å². The van der Waals surface area contributed by atoms with Crippen molar-refractivity contribution >= 4 is 27.6 Å². The van der Waals surface area contributed by atoms with Crippen molar-refractivity contribution in [3.05, 3.63) is 34.3 Å². The van der Waals surface area contributed by atoms with E-state index in [9.17, 15) is 0 Å². The first-order valence-corrected chi connectivity index (χ1v) is 5.31. The average molecular weight is 281 g/mol. The van der Waals surface area contributed by atoms with Crippen molar-refractivity contribution < 1.29 is 0 Å². The van der Waals surface area contributed by atoms with Crippen molar-refractivity contribution in [1.82, 2.24) is 20.3 Å². The molecule has 0 spiro atoms. The third-order valence-electron chi connectivity index (χ3n) is 1.98. The van der Waals surface area contributed by atoms with Gasteiger partial charge in [0.15, 0.2) is 0 Å². The number of hydrogen-bond donors (Lipinski definition) is 1. The molecule has 0 bridgehead atoms. The summed E-state index contributed by atoms with van der Waals surface area (Å²) in [5, 5.41) is 14.8. The Hall–Kier alpha value is -1.76. The Morgan fingerprint density at radius 1 is 1.38 bits per heavy atom. The minimum absolute atomic E-state index is 0.163. The standard InChI is InChI=1S/C9H9BrN6/c1-6(7-2-4-8(10)5-3-7)13-16-9(11)12-14-15-16/h2-5H,1H3,(H2,11,12,15). The number of tetrazole rings is 1. The van der Waals surface area contributed by atoms with E-state index in [-0.39, 0.29) is 5.95 Å². The summed E-state index contributed by atoms with van der Waals surface area (Å²) in [7, 11) is 0. The highest BCUT2D eigenvalue weighted by atomic mass is 79.9. The van der Waals surface area contributed by atoms with Gasteiger partial charge in [0, 0.05) is 4.47 Å². The number of anilines is 1. The maximum atomic E-state index is 5.50. The van der Waals surface area contributed by atoms with Gasteiger partial charge in [0.25, 0.3) is 5.95 Å². The first-order chi connectivity index (χ1) is 7.66. The summed E-state index contributed by atoms with van der Waals surface area (Å²) < 4.78 is 1.02. The summed E-state index contributed by atoms with van der Waals surface area (Å²) >= 11 is 3.37. The second kappa shape index (κ2) is 4.40. The lowest BCUT2D eigenvalue weighted by molar-refractivity contribution is 0.696. The topological polar surface area (TPSA) is 82.0 Å². The van der Waals surface area contributed by atoms with Crippen molar-refractivity contribution in [3.8, 4) is 0 Å². The van der Waals surface area contributed by atoms with Gasteiger partial charge in [0.05, 0.1) is 5.71 Å². The van der Waals surface area contributed by atoms with Crippen molar-refractivity contribution in [2.75, 3.05) is 5.73 Å². The Kier molecular flexibility index (Phi) is 2.95. The van der Waals surface area contributed by atoms with Crippen molar-refractivity contribution in [3.63, 3.8) is 0 Å². The zero-order valence-electron chi connectivity index (χ0n) is 8.50. The number of benzene rings is 1. The number of nitrogen functional groups attached to an aromatic ring is 1. The molecule has 7 heteroatoms. The van der Waals surface area contributed by atoms with Crippen LogP contribution in [-0.4, -0.2) is 26.0 Å². The minimum Gasteiger partial charge on any atom is -0.365 e. The van der Waals surface area contributed by atoms with Crippen LogP contribution in [0, 0.1) is 0 Å². The molecule has 2 N–H and O–H groups in total. The molecule has 6 nitrogen and oxygen atoms in total. The number of rotatable bonds is 2. The quantitative estimate of drug-likeness (QED) is 0.841. The van der Waals surface area contributed by atoms with E-state index < -0.39 is 0 Å². The Bertz CT molecular complexity index is 515. The molecule has 0 atom stereocenters. The van der Waals surface area contributed by atoms with Crippen LogP contribution in [0.4, 0.5) is 5.95 Å². The van der Waals surface area contributed by atoms with Crippen molar-refractivity contribution in [2.24, 2.45) is 5.10 Å². The van der Waals surface area contributed by atoms with E-state index in [1.165, 1.54) is 4.79 Å². The van der Waals surface area contributed by atoms with E-state index >= 15 is 0 Å². The number of hydrogen-bond acceptors (Lipinski definition) is 5. The van der Waals surface area contributed by atoms with Crippen LogP contribution >= 0.6 is 15.9 Å². The molecule has 0 aliphatic heterocycles. The van der Waals surface area contributed by atoms with Crippen LogP contribution in [0.5, 0.6) is 0 Å². The second-order valence-electron chi connectivity index (χ2n) is 3.12. The van der Waals surface area contributed by atoms with Gasteiger partial charge in [-0.25, -0.2) is 0 Å². The minimum atomic E-state index is 0.163. The first kappa shape index (κ1) is 10.7. The van der Waals surface area contributed by atoms with E-state index in [0.717, 1.165) is 15.7 Å². The normalized spacial score (nSPS) is 11.8. The molecule has 0 aliphatic carbocycles. The molecule has 0 aliphatic rings. The average Bonchev–Trinajstić information content (AvgIpc) is 2.65. The largest absolute Gasteiger partial charge is 0.365 e. The number of halogens is 1. The molecular weight excluding hydrogens is 272 g/mol. The Morgan fingerprint density at radius 3 is 2.62 bits per heavy atom. The molecule has 0 radical (unpaired) electrons. The smallest absolute Gasteiger partial charge is 0.263 e. The molecule has 2 rings (SSSR count). The van der Waals surface area contributed by atoms with Crippen molar-refractivity contribution in [2.45, 2.75) is 6.92 Å². The van der Waals surface area contributed by atoms with Gasteiger partial charge >= 0.3 is 0 Å². The predicted octanol–water partition coefficient (Wildman–Crippen LogP) is 1.29. The van der Waals surface area contributed by atoms with Gasteiger partial charge in [-0.2, -0.15) is 5.10 Å². The van der Waals surface area contributed by atoms with Gasteiger partial charge in [0.1, 0.15) is 0 Å². The molecule has 1 aromatic carbocycles. The third kappa shape index (κ3) is 2.25. The first-order valence-electron chi connectivity index (χ1n) is 4.52. The summed E-state index contributed by atoms with van der Waals surface area (Å²) in [4.78, 5) is 1.19. The van der Waals surface area contributed by atoms with Gasteiger partial charge < -0.3 is 5.73 Å². The van der Waals surface area contributed by atoms with E-state index in [1.807, 2.05) is 31.2 Å². The number of nitrogens with two attached hydrogens (primary N) is 1. The molecule has 0 fully saturated rings. The molecular formula is C9H9BrN6. The SMILES string of the molecule is CC(=Nn1nnnc1N)c1ccc(Br)cc1. The highest BCUT2D eigenvalue weighted by molar-refractivity contribution is 9.10. The monoisotopic (exact) mass is 280 g/mol. The highest BCUT2D eigenvalue weighted by Gasteiger charge is 2.01. The lowest BCUT2D eigenvalue weighted by atomic mass is 10.1. The maximum absolute atomic E-state index is 5.50. The lowest BCUT2D eigenvalue weighted by Gasteiger charge is -2.00. The molecule has 1 heterocycles. The molecule has 2 aromatic rings. The molecule has 0 saturated heterocycles. The molecule has 16 heavy (non-hydrogen) atoms. The summed E-state index contributed by atoms with van der Waals surface area (Å²) in [5.41, 5.74) is 7.27. The van der Waals surface area contributed by atoms with Gasteiger partial charge in [-0.05, 0) is 35.0 Å². The lowest BCUT2D eigenvalue weighted by Crippen LogP contribution is -2.04. The van der Waals surface area contributed by atoms with Gasteiger partial charge in [-0.1, -0.05) is 38.0 Å². The van der Waals surface area contributed by atoms with E-state index in [2.05, 4.69) is 36.6 Å². The fourth-order valence-electron chi connectivity index (χ4n) is 1.15. The summed E-state index contributed by atoms with van der Waals surface area (Å²) in [6.07, 6.45) is 0. The fraction of sp³-hybridized carbons (Fsp3) is 0.111. The second-order valence-corrected chi connectivity index (χ2v) is 4.03. The van der Waals surface area contributed by atoms with Crippen LogP contribution in [0.25, 0.3) is 0 Å². The van der Waals surface area contributed by atoms with Crippen LogP contribution in [0.15, 0.2) is 33.8 Å². The molecule has 0 amide bonds. The maximum Gasteiger partial charge on any atom is 0.263 e. The van der Waals surface area contributed by atoms with E-state index in [0.29, 0.717) is 0 Å².